The molecule has 2 saturated heterocycles. The van der Waals surface area contributed by atoms with Crippen LogP contribution in [-0.4, -0.2) is 81.7 Å². The number of nitrogen functional groups attached to an aromatic ring is 1. The van der Waals surface area contributed by atoms with Gasteiger partial charge in [-0.1, -0.05) is 60.7 Å². The van der Waals surface area contributed by atoms with Crippen LogP contribution in [0.3, 0.4) is 0 Å². The molecule has 0 saturated carbocycles. The van der Waals surface area contributed by atoms with Gasteiger partial charge in [0.15, 0.2) is 0 Å². The Kier molecular flexibility index (Phi) is 8.81. The first-order valence-electron chi connectivity index (χ1n) is 15.2. The molecule has 0 bridgehead atoms. The molecule has 4 aromatic carbocycles. The summed E-state index contributed by atoms with van der Waals surface area (Å²) in [4.78, 5) is 44.7. The number of phenols is 1. The van der Waals surface area contributed by atoms with Crippen LogP contribution in [0.25, 0.3) is 10.8 Å². The Morgan fingerprint density at radius 1 is 1.06 bits per heavy atom. The third-order valence-electron chi connectivity index (χ3n) is 8.70. The molecular weight excluding hydrogens is 598 g/mol. The minimum Gasteiger partial charge on any atom is -0.506 e. The van der Waals surface area contributed by atoms with Gasteiger partial charge in [0.2, 0.25) is 11.8 Å². The molecule has 2 atom stereocenters. The van der Waals surface area contributed by atoms with Gasteiger partial charge in [-0.2, -0.15) is 10.3 Å². The van der Waals surface area contributed by atoms with Crippen molar-refractivity contribution in [3.05, 3.63) is 102 Å². The van der Waals surface area contributed by atoms with Gasteiger partial charge in [-0.3, -0.25) is 9.59 Å². The van der Waals surface area contributed by atoms with Crippen molar-refractivity contribution < 1.29 is 24.2 Å². The molecule has 0 aromatic heterocycles. The molecule has 2 aliphatic rings. The van der Waals surface area contributed by atoms with Gasteiger partial charge in [0.1, 0.15) is 30.3 Å². The van der Waals surface area contributed by atoms with Crippen molar-refractivity contribution >= 4 is 34.3 Å². The van der Waals surface area contributed by atoms with E-state index in [4.69, 9.17) is 10.5 Å². The van der Waals surface area contributed by atoms with Crippen LogP contribution in [0, 0.1) is 11.3 Å². The Morgan fingerprint density at radius 3 is 2.55 bits per heavy atom. The number of piperazine rings is 1. The zero-order valence-electron chi connectivity index (χ0n) is 25.9. The number of aromatic hydroxyl groups is 1. The highest BCUT2D eigenvalue weighted by molar-refractivity contribution is 5.92. The van der Waals surface area contributed by atoms with Gasteiger partial charge in [-0.15, -0.1) is 0 Å². The molecule has 12 heteroatoms. The van der Waals surface area contributed by atoms with Gasteiger partial charge >= 0.3 is 6.03 Å². The van der Waals surface area contributed by atoms with E-state index in [0.717, 1.165) is 21.9 Å². The molecule has 0 spiro atoms. The monoisotopic (exact) mass is 633 g/mol. The average molecular weight is 634 g/mol. The van der Waals surface area contributed by atoms with Crippen LogP contribution in [0.2, 0.25) is 0 Å². The molecule has 47 heavy (non-hydrogen) atoms. The SMILES string of the molecule is COc1ccc(CNC(=O)N(CC#N)N2CC(=O)N3[C@@H](Cc4ccc(O)c(N)c4)C(=O)N(Cc4cccc5ccccc45)C[C@@H]32)cc1. The first kappa shape index (κ1) is 31.2. The number of anilines is 1. The fourth-order valence-corrected chi connectivity index (χ4v) is 6.34. The van der Waals surface area contributed by atoms with E-state index in [9.17, 15) is 24.8 Å². The minimum absolute atomic E-state index is 0.0737. The molecular formula is C35H35N7O5. The maximum atomic E-state index is 14.2. The van der Waals surface area contributed by atoms with Gasteiger partial charge in [0.25, 0.3) is 0 Å². The summed E-state index contributed by atoms with van der Waals surface area (Å²) in [5.41, 5.74) is 8.57. The Hall–Kier alpha value is -5.80. The van der Waals surface area contributed by atoms with E-state index < -0.39 is 18.2 Å². The van der Waals surface area contributed by atoms with Crippen molar-refractivity contribution in [3.63, 3.8) is 0 Å². The minimum atomic E-state index is -0.906. The third kappa shape index (κ3) is 6.34. The molecule has 0 radical (unpaired) electrons. The lowest BCUT2D eigenvalue weighted by atomic mass is 9.98. The van der Waals surface area contributed by atoms with Crippen molar-refractivity contribution in [1.29, 1.82) is 5.26 Å². The molecule has 0 aliphatic carbocycles. The van der Waals surface area contributed by atoms with E-state index in [1.54, 1.807) is 41.3 Å². The molecule has 0 unspecified atom stereocenters. The van der Waals surface area contributed by atoms with E-state index in [2.05, 4.69) is 11.4 Å². The van der Waals surface area contributed by atoms with Gasteiger partial charge in [-0.05, 0) is 51.7 Å². The van der Waals surface area contributed by atoms with Crippen molar-refractivity contribution in [3.8, 4) is 17.6 Å². The lowest BCUT2D eigenvalue weighted by molar-refractivity contribution is -0.157. The highest BCUT2D eigenvalue weighted by Gasteiger charge is 2.52. The van der Waals surface area contributed by atoms with Crippen molar-refractivity contribution in [1.82, 2.24) is 25.1 Å². The Morgan fingerprint density at radius 2 is 1.81 bits per heavy atom. The fourth-order valence-electron chi connectivity index (χ4n) is 6.34. The molecule has 4 N–H and O–H groups in total. The van der Waals surface area contributed by atoms with E-state index in [1.165, 1.54) is 16.0 Å². The van der Waals surface area contributed by atoms with Crippen molar-refractivity contribution in [2.24, 2.45) is 0 Å². The number of amides is 4. The number of hydrogen-bond donors (Lipinski definition) is 3. The summed E-state index contributed by atoms with van der Waals surface area (Å²) in [6, 6.07) is 26.4. The number of carbonyl (C=O) groups excluding carboxylic acids is 3. The predicted octanol–water partition coefficient (Wildman–Crippen LogP) is 3.21. The lowest BCUT2D eigenvalue weighted by Gasteiger charge is -2.46. The van der Waals surface area contributed by atoms with Crippen LogP contribution >= 0.6 is 0 Å². The predicted molar refractivity (Wildman–Crippen MR) is 174 cm³/mol. The number of nitriles is 1. The van der Waals surface area contributed by atoms with Crippen LogP contribution in [0.1, 0.15) is 16.7 Å². The number of urea groups is 1. The number of nitrogens with one attached hydrogen (secondary N) is 1. The maximum absolute atomic E-state index is 14.2. The van der Waals surface area contributed by atoms with E-state index in [0.29, 0.717) is 11.3 Å². The molecule has 240 valence electrons. The first-order valence-corrected chi connectivity index (χ1v) is 15.2. The highest BCUT2D eigenvalue weighted by atomic mass is 16.5. The quantitative estimate of drug-likeness (QED) is 0.144. The van der Waals surface area contributed by atoms with Gasteiger partial charge < -0.3 is 30.7 Å². The second-order valence-corrected chi connectivity index (χ2v) is 11.6. The molecule has 12 nitrogen and oxygen atoms in total. The summed E-state index contributed by atoms with van der Waals surface area (Å²) in [7, 11) is 1.57. The number of hydrogen-bond acceptors (Lipinski definition) is 8. The number of methoxy groups -OCH3 is 1. The fraction of sp³-hybridized carbons (Fsp3) is 0.257. The molecule has 6 rings (SSSR count). The smallest absolute Gasteiger partial charge is 0.333 e. The zero-order chi connectivity index (χ0) is 33.1. The second kappa shape index (κ2) is 13.3. The number of ether oxygens (including phenoxy) is 1. The highest BCUT2D eigenvalue weighted by Crippen LogP contribution is 2.32. The van der Waals surface area contributed by atoms with E-state index in [-0.39, 0.29) is 62.4 Å². The lowest BCUT2D eigenvalue weighted by Crippen LogP contribution is -2.66. The molecule has 2 fully saturated rings. The first-order chi connectivity index (χ1) is 22.8. The number of carbonyl (C=O) groups is 3. The molecule has 4 aromatic rings. The van der Waals surface area contributed by atoms with Crippen LogP contribution < -0.4 is 15.8 Å². The Balaban J connectivity index is 1.31. The largest absolute Gasteiger partial charge is 0.506 e. The Bertz CT molecular complexity index is 1850. The van der Waals surface area contributed by atoms with Crippen molar-refractivity contribution in [2.45, 2.75) is 31.7 Å². The van der Waals surface area contributed by atoms with E-state index >= 15 is 0 Å². The number of fused-ring (bicyclic) bond motifs is 2. The van der Waals surface area contributed by atoms with Gasteiger partial charge in [-0.25, -0.2) is 9.80 Å². The second-order valence-electron chi connectivity index (χ2n) is 11.6. The number of benzene rings is 4. The van der Waals surface area contributed by atoms with Crippen LogP contribution in [0.4, 0.5) is 10.5 Å². The number of nitrogens with two attached hydrogens (primary N) is 1. The molecule has 2 aliphatic heterocycles. The number of nitrogens with zero attached hydrogens (tertiary/aromatic N) is 5. The van der Waals surface area contributed by atoms with Gasteiger partial charge in [0.05, 0.1) is 32.0 Å². The number of phenolic OH excluding ortho intramolecular Hbond substituents is 1. The summed E-state index contributed by atoms with van der Waals surface area (Å²) in [6.07, 6.45) is -0.567. The Labute approximate surface area is 272 Å². The zero-order valence-corrected chi connectivity index (χ0v) is 25.9. The topological polar surface area (TPSA) is 155 Å². The number of rotatable bonds is 9. The molecule has 4 amide bonds. The van der Waals surface area contributed by atoms with Crippen LogP contribution in [0.5, 0.6) is 11.5 Å². The van der Waals surface area contributed by atoms with Gasteiger partial charge in [0, 0.05) is 19.5 Å². The van der Waals surface area contributed by atoms with Crippen molar-refractivity contribution in [2.75, 3.05) is 32.5 Å². The van der Waals surface area contributed by atoms with Crippen LogP contribution in [-0.2, 0) is 29.1 Å². The average Bonchev–Trinajstić information content (AvgIpc) is 3.41. The maximum Gasteiger partial charge on any atom is 0.333 e. The standard InChI is InChI=1S/C35H35N7O5/c1-47-27-12-9-23(10-13-27)19-38-35(46)40(16-15-36)41-22-33(44)42-30(18-24-11-14-31(43)29(37)17-24)34(45)39(21-32(41)42)20-26-7-4-6-25-5-2-3-8-28(25)26/h2-14,17,30,32,43H,16,18-22,37H2,1H3,(H,38,46)/t30-,32+/m0/s1. The summed E-state index contributed by atoms with van der Waals surface area (Å²) < 4.78 is 5.20. The normalized spacial score (nSPS) is 17.8. The third-order valence-corrected chi connectivity index (χ3v) is 8.70. The molecule has 2 heterocycles. The number of hydrazine groups is 1. The summed E-state index contributed by atoms with van der Waals surface area (Å²) in [5.74, 6) is 0.0318. The summed E-state index contributed by atoms with van der Waals surface area (Å²) >= 11 is 0. The van der Waals surface area contributed by atoms with E-state index in [1.807, 2.05) is 54.6 Å². The van der Waals surface area contributed by atoms with Crippen LogP contribution in [0.15, 0.2) is 84.9 Å². The summed E-state index contributed by atoms with van der Waals surface area (Å²) in [6.45, 7) is 0.101. The summed E-state index contributed by atoms with van der Waals surface area (Å²) in [5, 5.41) is 27.4.